The first kappa shape index (κ1) is 15.7. The topological polar surface area (TPSA) is 38.3 Å². The predicted octanol–water partition coefficient (Wildman–Crippen LogP) is 4.45. The molecule has 0 unspecified atom stereocenters. The van der Waals surface area contributed by atoms with Crippen LogP contribution in [0.3, 0.4) is 0 Å². The number of carbonyl (C=O) groups is 1. The Morgan fingerprint density at radius 1 is 1.24 bits per heavy atom. The van der Waals surface area contributed by atoms with Crippen molar-refractivity contribution in [1.29, 1.82) is 0 Å². The Balaban J connectivity index is 2.22. The average molecular weight is 403 g/mol. The van der Waals surface area contributed by atoms with Crippen molar-refractivity contribution in [3.05, 3.63) is 57.2 Å². The minimum absolute atomic E-state index is 0.0633. The van der Waals surface area contributed by atoms with E-state index in [9.17, 15) is 13.6 Å². The van der Waals surface area contributed by atoms with Crippen LogP contribution in [-0.4, -0.2) is 12.5 Å². The molecule has 0 aliphatic rings. The number of alkyl halides is 2. The highest BCUT2D eigenvalue weighted by molar-refractivity contribution is 14.1. The first-order chi connectivity index (χ1) is 9.97. The molecule has 0 aromatic heterocycles. The van der Waals surface area contributed by atoms with Gasteiger partial charge in [0.25, 0.3) is 5.91 Å². The molecule has 0 saturated carbocycles. The molecule has 3 nitrogen and oxygen atoms in total. The summed E-state index contributed by atoms with van der Waals surface area (Å²) in [5.41, 5.74) is 1.75. The molecule has 0 aliphatic carbocycles. The molecule has 1 amide bonds. The van der Waals surface area contributed by atoms with Gasteiger partial charge in [0, 0.05) is 9.26 Å². The fraction of sp³-hybridized carbons (Fsp3) is 0.133. The van der Waals surface area contributed by atoms with Crippen LogP contribution in [0.4, 0.5) is 14.5 Å². The lowest BCUT2D eigenvalue weighted by Crippen LogP contribution is -2.15. The molecule has 0 heterocycles. The van der Waals surface area contributed by atoms with Gasteiger partial charge in [-0.3, -0.25) is 4.79 Å². The quantitative estimate of drug-likeness (QED) is 0.767. The molecule has 0 aliphatic heterocycles. The number of para-hydroxylation sites is 1. The van der Waals surface area contributed by atoms with Crippen LogP contribution in [0.15, 0.2) is 42.5 Å². The largest absolute Gasteiger partial charge is 0.434 e. The molecule has 6 heteroatoms. The van der Waals surface area contributed by atoms with E-state index in [1.165, 1.54) is 18.2 Å². The van der Waals surface area contributed by atoms with Gasteiger partial charge in [-0.2, -0.15) is 8.78 Å². The molecule has 0 atom stereocenters. The van der Waals surface area contributed by atoms with Crippen molar-refractivity contribution >= 4 is 34.2 Å². The molecule has 0 bridgehead atoms. The number of amides is 1. The number of hydrogen-bond donors (Lipinski definition) is 1. The van der Waals surface area contributed by atoms with Gasteiger partial charge in [0.15, 0.2) is 0 Å². The summed E-state index contributed by atoms with van der Waals surface area (Å²) >= 11 is 2.16. The summed E-state index contributed by atoms with van der Waals surface area (Å²) in [7, 11) is 0. The molecule has 2 aromatic rings. The first-order valence-electron chi connectivity index (χ1n) is 6.08. The molecule has 110 valence electrons. The Kier molecular flexibility index (Phi) is 5.11. The zero-order valence-electron chi connectivity index (χ0n) is 11.1. The van der Waals surface area contributed by atoms with Crippen LogP contribution in [0.5, 0.6) is 5.75 Å². The lowest BCUT2D eigenvalue weighted by atomic mass is 10.1. The maximum Gasteiger partial charge on any atom is 0.387 e. The lowest BCUT2D eigenvalue weighted by molar-refractivity contribution is -0.0501. The van der Waals surface area contributed by atoms with E-state index in [0.29, 0.717) is 5.69 Å². The smallest absolute Gasteiger partial charge is 0.387 e. The second kappa shape index (κ2) is 6.84. The molecule has 0 radical (unpaired) electrons. The molecule has 1 N–H and O–H groups in total. The molecular weight excluding hydrogens is 391 g/mol. The number of anilines is 1. The summed E-state index contributed by atoms with van der Waals surface area (Å²) in [6, 6.07) is 11.3. The molecule has 2 rings (SSSR count). The monoisotopic (exact) mass is 403 g/mol. The van der Waals surface area contributed by atoms with Crippen molar-refractivity contribution in [3.8, 4) is 5.75 Å². The Labute approximate surface area is 134 Å². The van der Waals surface area contributed by atoms with Gasteiger partial charge in [0.05, 0.1) is 5.56 Å². The third-order valence-corrected chi connectivity index (χ3v) is 3.94. The van der Waals surface area contributed by atoms with Crippen molar-refractivity contribution in [1.82, 2.24) is 0 Å². The number of halogens is 3. The van der Waals surface area contributed by atoms with E-state index in [4.69, 9.17) is 0 Å². The minimum atomic E-state index is -2.97. The van der Waals surface area contributed by atoms with Crippen LogP contribution in [-0.2, 0) is 0 Å². The van der Waals surface area contributed by atoms with Gasteiger partial charge in [-0.1, -0.05) is 18.2 Å². The fourth-order valence-electron chi connectivity index (χ4n) is 1.72. The van der Waals surface area contributed by atoms with Gasteiger partial charge in [0.1, 0.15) is 5.75 Å². The van der Waals surface area contributed by atoms with Crippen molar-refractivity contribution < 1.29 is 18.3 Å². The van der Waals surface area contributed by atoms with E-state index >= 15 is 0 Å². The van der Waals surface area contributed by atoms with Gasteiger partial charge >= 0.3 is 6.61 Å². The average Bonchev–Trinajstić information content (AvgIpc) is 2.43. The highest BCUT2D eigenvalue weighted by atomic mass is 127. The van der Waals surface area contributed by atoms with Crippen molar-refractivity contribution in [3.63, 3.8) is 0 Å². The number of nitrogens with one attached hydrogen (secondary N) is 1. The number of carbonyl (C=O) groups excluding carboxylic acids is 1. The zero-order chi connectivity index (χ0) is 15.4. The Morgan fingerprint density at radius 2 is 1.95 bits per heavy atom. The molecular formula is C15H12F2INO2. The molecule has 0 fully saturated rings. The number of benzene rings is 2. The highest BCUT2D eigenvalue weighted by Crippen LogP contribution is 2.23. The van der Waals surface area contributed by atoms with Gasteiger partial charge in [0.2, 0.25) is 0 Å². The minimum Gasteiger partial charge on any atom is -0.434 e. The van der Waals surface area contributed by atoms with E-state index in [-0.39, 0.29) is 11.3 Å². The van der Waals surface area contributed by atoms with E-state index in [0.717, 1.165) is 9.13 Å². The predicted molar refractivity (Wildman–Crippen MR) is 84.9 cm³/mol. The van der Waals surface area contributed by atoms with Gasteiger partial charge < -0.3 is 10.1 Å². The first-order valence-corrected chi connectivity index (χ1v) is 7.16. The van der Waals surface area contributed by atoms with E-state index in [1.54, 1.807) is 12.1 Å². The van der Waals surface area contributed by atoms with Crippen molar-refractivity contribution in [2.45, 2.75) is 13.5 Å². The van der Waals surface area contributed by atoms with Crippen molar-refractivity contribution in [2.24, 2.45) is 0 Å². The van der Waals surface area contributed by atoms with Gasteiger partial charge in [-0.25, -0.2) is 0 Å². The molecule has 0 saturated heterocycles. The summed E-state index contributed by atoms with van der Waals surface area (Å²) in [5.74, 6) is -0.641. The summed E-state index contributed by atoms with van der Waals surface area (Å²) in [6.07, 6.45) is 0. The van der Waals surface area contributed by atoms with Crippen molar-refractivity contribution in [2.75, 3.05) is 5.32 Å². The standard InChI is InChI=1S/C15H12F2INO2/c1-9-6-7-10(8-12(9)18)19-14(20)11-4-2-3-5-13(11)21-15(16)17/h2-8,15H,1H3,(H,19,20). The van der Waals surface area contributed by atoms with E-state index < -0.39 is 12.5 Å². The summed E-state index contributed by atoms with van der Waals surface area (Å²) in [6.45, 7) is -1.02. The Morgan fingerprint density at radius 3 is 2.62 bits per heavy atom. The number of rotatable bonds is 4. The fourth-order valence-corrected chi connectivity index (χ4v) is 2.24. The molecule has 21 heavy (non-hydrogen) atoms. The summed E-state index contributed by atoms with van der Waals surface area (Å²) in [4.78, 5) is 12.2. The molecule has 2 aromatic carbocycles. The van der Waals surface area contributed by atoms with Gasteiger partial charge in [-0.05, 0) is 59.3 Å². The van der Waals surface area contributed by atoms with Crippen LogP contribution in [0.1, 0.15) is 15.9 Å². The van der Waals surface area contributed by atoms with E-state index in [1.807, 2.05) is 19.1 Å². The normalized spacial score (nSPS) is 10.5. The SMILES string of the molecule is Cc1ccc(NC(=O)c2ccccc2OC(F)F)cc1I. The second-order valence-electron chi connectivity index (χ2n) is 4.29. The van der Waals surface area contributed by atoms with Crippen LogP contribution in [0.2, 0.25) is 0 Å². The zero-order valence-corrected chi connectivity index (χ0v) is 13.2. The molecule has 0 spiro atoms. The third-order valence-electron chi connectivity index (χ3n) is 2.78. The highest BCUT2D eigenvalue weighted by Gasteiger charge is 2.15. The number of hydrogen-bond acceptors (Lipinski definition) is 2. The Bertz CT molecular complexity index is 662. The maximum absolute atomic E-state index is 12.3. The van der Waals surface area contributed by atoms with Crippen LogP contribution in [0, 0.1) is 10.5 Å². The summed E-state index contributed by atoms with van der Waals surface area (Å²) < 4.78 is 30.0. The summed E-state index contributed by atoms with van der Waals surface area (Å²) in [5, 5.41) is 2.67. The van der Waals surface area contributed by atoms with Crippen LogP contribution in [0.25, 0.3) is 0 Å². The third kappa shape index (κ3) is 4.13. The number of aryl methyl sites for hydroxylation is 1. The van der Waals surface area contributed by atoms with Crippen LogP contribution >= 0.6 is 22.6 Å². The number of ether oxygens (including phenoxy) is 1. The Hall–Kier alpha value is -1.70. The van der Waals surface area contributed by atoms with Gasteiger partial charge in [-0.15, -0.1) is 0 Å². The van der Waals surface area contributed by atoms with Crippen LogP contribution < -0.4 is 10.1 Å². The maximum atomic E-state index is 12.3. The second-order valence-corrected chi connectivity index (χ2v) is 5.45. The lowest BCUT2D eigenvalue weighted by Gasteiger charge is -2.11. The van der Waals surface area contributed by atoms with E-state index in [2.05, 4.69) is 32.6 Å².